The molecule has 15 heavy (non-hydrogen) atoms. The van der Waals surface area contributed by atoms with Gasteiger partial charge in [-0.05, 0) is 24.6 Å². The molecule has 4 nitrogen and oxygen atoms in total. The van der Waals surface area contributed by atoms with Crippen molar-refractivity contribution in [2.24, 2.45) is 0 Å². The van der Waals surface area contributed by atoms with Crippen molar-refractivity contribution in [1.82, 2.24) is 5.32 Å². The third kappa shape index (κ3) is 3.43. The van der Waals surface area contributed by atoms with Crippen molar-refractivity contribution in [2.75, 3.05) is 11.9 Å². The van der Waals surface area contributed by atoms with Crippen LogP contribution in [0.2, 0.25) is 0 Å². The van der Waals surface area contributed by atoms with Gasteiger partial charge >= 0.3 is 0 Å². The minimum absolute atomic E-state index is 0.0431. The van der Waals surface area contributed by atoms with Crippen LogP contribution in [0.1, 0.15) is 16.8 Å². The van der Waals surface area contributed by atoms with Gasteiger partial charge in [0.15, 0.2) is 0 Å². The van der Waals surface area contributed by atoms with Crippen molar-refractivity contribution in [3.05, 3.63) is 23.8 Å². The minimum atomic E-state index is -0.385. The third-order valence-electron chi connectivity index (χ3n) is 1.82. The molecule has 0 bridgehead atoms. The Morgan fingerprint density at radius 1 is 1.40 bits per heavy atom. The number of aromatic hydroxyl groups is 2. The van der Waals surface area contributed by atoms with Crippen molar-refractivity contribution in [1.29, 1.82) is 0 Å². The van der Waals surface area contributed by atoms with E-state index in [9.17, 15) is 9.90 Å². The molecule has 0 aliphatic heterocycles. The molecule has 0 aliphatic carbocycles. The largest absolute Gasteiger partial charge is 0.508 e. The molecule has 3 N–H and O–H groups in total. The first-order chi connectivity index (χ1) is 7.15. The number of carbonyl (C=O) groups excluding carboxylic acids is 1. The second-order valence-corrected chi connectivity index (χ2v) is 3.79. The van der Waals surface area contributed by atoms with Crippen LogP contribution in [-0.4, -0.2) is 28.0 Å². The fraction of sp³-hybridized carbons (Fsp3) is 0.300. The van der Waals surface area contributed by atoms with E-state index in [1.807, 2.05) is 0 Å². The summed E-state index contributed by atoms with van der Waals surface area (Å²) in [6.07, 6.45) is 0.811. The van der Waals surface area contributed by atoms with E-state index in [0.717, 1.165) is 11.8 Å². The SMILES string of the molecule is O=C(NCCCBr)c1cc(O)ccc1O. The van der Waals surface area contributed by atoms with Gasteiger partial charge in [0.05, 0.1) is 5.56 Å². The number of benzene rings is 1. The average Bonchev–Trinajstić information content (AvgIpc) is 2.22. The number of phenols is 2. The number of amides is 1. The molecule has 1 aromatic carbocycles. The summed E-state index contributed by atoms with van der Waals surface area (Å²) in [5.74, 6) is -0.563. The molecule has 0 atom stereocenters. The van der Waals surface area contributed by atoms with E-state index in [0.29, 0.717) is 6.54 Å². The molecule has 0 radical (unpaired) electrons. The molecule has 5 heteroatoms. The second kappa shape index (κ2) is 5.60. The Balaban J connectivity index is 2.68. The van der Waals surface area contributed by atoms with Gasteiger partial charge in [-0.1, -0.05) is 15.9 Å². The molecule has 0 aromatic heterocycles. The average molecular weight is 274 g/mol. The van der Waals surface area contributed by atoms with Gasteiger partial charge in [-0.3, -0.25) is 4.79 Å². The van der Waals surface area contributed by atoms with Crippen LogP contribution in [0.3, 0.4) is 0 Å². The molecule has 0 spiro atoms. The van der Waals surface area contributed by atoms with Gasteiger partial charge in [0.2, 0.25) is 0 Å². The smallest absolute Gasteiger partial charge is 0.255 e. The lowest BCUT2D eigenvalue weighted by atomic mass is 10.2. The van der Waals surface area contributed by atoms with Crippen LogP contribution in [0.5, 0.6) is 11.5 Å². The highest BCUT2D eigenvalue weighted by Gasteiger charge is 2.10. The van der Waals surface area contributed by atoms with E-state index in [4.69, 9.17) is 5.11 Å². The number of rotatable bonds is 4. The van der Waals surface area contributed by atoms with Crippen LogP contribution in [0.25, 0.3) is 0 Å². The maximum Gasteiger partial charge on any atom is 0.255 e. The van der Waals surface area contributed by atoms with E-state index in [1.165, 1.54) is 18.2 Å². The highest BCUT2D eigenvalue weighted by atomic mass is 79.9. The van der Waals surface area contributed by atoms with Crippen molar-refractivity contribution in [3.63, 3.8) is 0 Å². The summed E-state index contributed by atoms with van der Waals surface area (Å²) < 4.78 is 0. The zero-order valence-electron chi connectivity index (χ0n) is 8.03. The standard InChI is InChI=1S/C10H12BrNO3/c11-4-1-5-12-10(15)8-6-7(13)2-3-9(8)14/h2-3,6,13-14H,1,4-5H2,(H,12,15). The van der Waals surface area contributed by atoms with Crippen LogP contribution < -0.4 is 5.32 Å². The quantitative estimate of drug-likeness (QED) is 0.444. The maximum atomic E-state index is 11.5. The monoisotopic (exact) mass is 273 g/mol. The molecule has 1 amide bonds. The van der Waals surface area contributed by atoms with Crippen LogP contribution in [0.15, 0.2) is 18.2 Å². The second-order valence-electron chi connectivity index (χ2n) is 3.00. The zero-order chi connectivity index (χ0) is 11.3. The van der Waals surface area contributed by atoms with Crippen LogP contribution >= 0.6 is 15.9 Å². The predicted molar refractivity (Wildman–Crippen MR) is 60.5 cm³/mol. The van der Waals surface area contributed by atoms with E-state index >= 15 is 0 Å². The van der Waals surface area contributed by atoms with Crippen LogP contribution in [0, 0.1) is 0 Å². The van der Waals surface area contributed by atoms with Gasteiger partial charge in [0.25, 0.3) is 5.91 Å². The third-order valence-corrected chi connectivity index (χ3v) is 2.38. The van der Waals surface area contributed by atoms with E-state index in [1.54, 1.807) is 0 Å². The summed E-state index contributed by atoms with van der Waals surface area (Å²) in [5.41, 5.74) is 0.0876. The molecule has 1 aromatic rings. The molecular weight excluding hydrogens is 262 g/mol. The number of halogens is 1. The van der Waals surface area contributed by atoms with Gasteiger partial charge in [0, 0.05) is 11.9 Å². The van der Waals surface area contributed by atoms with Gasteiger partial charge in [-0.25, -0.2) is 0 Å². The van der Waals surface area contributed by atoms with E-state index < -0.39 is 0 Å². The first-order valence-electron chi connectivity index (χ1n) is 4.51. The number of alkyl halides is 1. The fourth-order valence-corrected chi connectivity index (χ4v) is 1.35. The number of phenolic OH excluding ortho intramolecular Hbond substituents is 2. The van der Waals surface area contributed by atoms with Gasteiger partial charge in [0.1, 0.15) is 11.5 Å². The number of hydrogen-bond donors (Lipinski definition) is 3. The molecule has 0 aliphatic rings. The summed E-state index contributed by atoms with van der Waals surface area (Å²) in [6.45, 7) is 0.527. The van der Waals surface area contributed by atoms with E-state index in [-0.39, 0.29) is 23.0 Å². The van der Waals surface area contributed by atoms with Crippen molar-refractivity contribution < 1.29 is 15.0 Å². The molecule has 0 saturated carbocycles. The van der Waals surface area contributed by atoms with Crippen molar-refractivity contribution >= 4 is 21.8 Å². The minimum Gasteiger partial charge on any atom is -0.508 e. The molecule has 0 fully saturated rings. The maximum absolute atomic E-state index is 11.5. The molecule has 0 heterocycles. The lowest BCUT2D eigenvalue weighted by Crippen LogP contribution is -2.24. The molecule has 0 saturated heterocycles. The zero-order valence-corrected chi connectivity index (χ0v) is 9.62. The van der Waals surface area contributed by atoms with Crippen LogP contribution in [0.4, 0.5) is 0 Å². The molecule has 82 valence electrons. The van der Waals surface area contributed by atoms with Gasteiger partial charge < -0.3 is 15.5 Å². The lowest BCUT2D eigenvalue weighted by molar-refractivity contribution is 0.0951. The number of hydrogen-bond acceptors (Lipinski definition) is 3. The lowest BCUT2D eigenvalue weighted by Gasteiger charge is -2.06. The molecular formula is C10H12BrNO3. The predicted octanol–water partition coefficient (Wildman–Crippen LogP) is 1.61. The summed E-state index contributed by atoms with van der Waals surface area (Å²) in [4.78, 5) is 11.5. The molecule has 1 rings (SSSR count). The molecule has 0 unspecified atom stereocenters. The first kappa shape index (κ1) is 11.8. The van der Waals surface area contributed by atoms with Gasteiger partial charge in [-0.15, -0.1) is 0 Å². The van der Waals surface area contributed by atoms with E-state index in [2.05, 4.69) is 21.2 Å². The highest BCUT2D eigenvalue weighted by molar-refractivity contribution is 9.09. The van der Waals surface area contributed by atoms with Crippen LogP contribution in [-0.2, 0) is 0 Å². The number of nitrogens with one attached hydrogen (secondary N) is 1. The number of carbonyl (C=O) groups is 1. The summed E-state index contributed by atoms with van der Waals surface area (Å²) in [6, 6.07) is 3.85. The highest BCUT2D eigenvalue weighted by Crippen LogP contribution is 2.21. The van der Waals surface area contributed by atoms with Crippen molar-refractivity contribution in [3.8, 4) is 11.5 Å². The first-order valence-corrected chi connectivity index (χ1v) is 5.63. The fourth-order valence-electron chi connectivity index (χ4n) is 1.07. The Bertz CT molecular complexity index is 355. The summed E-state index contributed by atoms with van der Waals surface area (Å²) in [5, 5.41) is 22.0. The Labute approximate surface area is 96.1 Å². The van der Waals surface area contributed by atoms with Crippen molar-refractivity contribution in [2.45, 2.75) is 6.42 Å². The Hall–Kier alpha value is -1.23. The van der Waals surface area contributed by atoms with Gasteiger partial charge in [-0.2, -0.15) is 0 Å². The normalized spacial score (nSPS) is 9.93. The Morgan fingerprint density at radius 3 is 2.80 bits per heavy atom. The Kier molecular flexibility index (Phi) is 4.42. The summed E-state index contributed by atoms with van der Waals surface area (Å²) >= 11 is 3.24. The topological polar surface area (TPSA) is 69.6 Å². The Morgan fingerprint density at radius 2 is 2.13 bits per heavy atom. The summed E-state index contributed by atoms with van der Waals surface area (Å²) in [7, 11) is 0.